The summed E-state index contributed by atoms with van der Waals surface area (Å²) in [6, 6.07) is 1.92. The maximum absolute atomic E-state index is 10.1. The Hall–Kier alpha value is -1.59. The summed E-state index contributed by atoms with van der Waals surface area (Å²) in [5, 5.41) is 11.1. The standard InChI is InChI=1S/C11H10N2O3/c14-13-8-4-12-2-1-6(8)7-3-10-15-5-9(16-10)11(7)13/h1-2,4,9-10,14H,3,5H2/t9-,10-/m1/s1. The van der Waals surface area contributed by atoms with E-state index >= 15 is 0 Å². The van der Waals surface area contributed by atoms with Gasteiger partial charge < -0.3 is 14.7 Å². The smallest absolute Gasteiger partial charge is 0.162 e. The molecule has 1 N–H and O–H groups in total. The van der Waals surface area contributed by atoms with Crippen LogP contribution in [0.4, 0.5) is 0 Å². The van der Waals surface area contributed by atoms with Gasteiger partial charge in [0.2, 0.25) is 0 Å². The fourth-order valence-electron chi connectivity index (χ4n) is 2.62. The van der Waals surface area contributed by atoms with E-state index in [2.05, 4.69) is 4.98 Å². The van der Waals surface area contributed by atoms with Crippen molar-refractivity contribution < 1.29 is 14.7 Å². The van der Waals surface area contributed by atoms with Crippen LogP contribution in [0.15, 0.2) is 18.5 Å². The summed E-state index contributed by atoms with van der Waals surface area (Å²) in [5.41, 5.74) is 2.68. The number of ether oxygens (including phenoxy) is 2. The Bertz CT molecular complexity index is 578. The number of aromatic nitrogens is 2. The summed E-state index contributed by atoms with van der Waals surface area (Å²) in [4.78, 5) is 4.03. The average molecular weight is 218 g/mol. The van der Waals surface area contributed by atoms with Crippen LogP contribution in [0.5, 0.6) is 0 Å². The van der Waals surface area contributed by atoms with Gasteiger partial charge in [0.05, 0.1) is 18.5 Å². The number of hydrogen-bond acceptors (Lipinski definition) is 4. The predicted octanol–water partition coefficient (Wildman–Crippen LogP) is 1.24. The molecule has 1 fully saturated rings. The SMILES string of the molecule is On1c2c(c3ccncc31)C[C@@H]1OC[C@H]2O1. The number of hydrogen-bond donors (Lipinski definition) is 1. The molecule has 0 radical (unpaired) electrons. The van der Waals surface area contributed by atoms with E-state index in [9.17, 15) is 5.21 Å². The van der Waals surface area contributed by atoms with Gasteiger partial charge in [0.25, 0.3) is 0 Å². The molecular weight excluding hydrogens is 208 g/mol. The highest BCUT2D eigenvalue weighted by molar-refractivity contribution is 5.84. The maximum atomic E-state index is 10.1. The highest BCUT2D eigenvalue weighted by Gasteiger charge is 2.39. The first-order valence-electron chi connectivity index (χ1n) is 5.28. The second-order valence-electron chi connectivity index (χ2n) is 4.16. The van der Waals surface area contributed by atoms with Gasteiger partial charge in [-0.1, -0.05) is 0 Å². The van der Waals surface area contributed by atoms with Gasteiger partial charge >= 0.3 is 0 Å². The molecule has 4 rings (SSSR count). The molecule has 2 aliphatic heterocycles. The van der Waals surface area contributed by atoms with Crippen molar-refractivity contribution in [2.24, 2.45) is 0 Å². The summed E-state index contributed by atoms with van der Waals surface area (Å²) in [6.07, 6.45) is 3.80. The maximum Gasteiger partial charge on any atom is 0.162 e. The molecule has 5 nitrogen and oxygen atoms in total. The Balaban J connectivity index is 2.09. The lowest BCUT2D eigenvalue weighted by Gasteiger charge is -2.19. The monoisotopic (exact) mass is 218 g/mol. The molecule has 2 bridgehead atoms. The van der Waals surface area contributed by atoms with Crippen LogP contribution in [0.3, 0.4) is 0 Å². The van der Waals surface area contributed by atoms with E-state index in [-0.39, 0.29) is 12.4 Å². The Kier molecular flexibility index (Phi) is 1.47. The molecule has 0 saturated carbocycles. The number of nitrogens with zero attached hydrogens (tertiary/aromatic N) is 2. The molecule has 4 heterocycles. The molecule has 2 aliphatic rings. The lowest BCUT2D eigenvalue weighted by molar-refractivity contribution is -0.0676. The zero-order valence-electron chi connectivity index (χ0n) is 8.46. The molecule has 5 heteroatoms. The van der Waals surface area contributed by atoms with Crippen LogP contribution in [0, 0.1) is 0 Å². The Morgan fingerprint density at radius 3 is 3.38 bits per heavy atom. The third-order valence-corrected chi connectivity index (χ3v) is 3.32. The first-order valence-corrected chi connectivity index (χ1v) is 5.28. The lowest BCUT2D eigenvalue weighted by atomic mass is 10.0. The van der Waals surface area contributed by atoms with Gasteiger partial charge in [-0.05, 0) is 11.6 Å². The van der Waals surface area contributed by atoms with Gasteiger partial charge in [-0.25, -0.2) is 0 Å². The first-order chi connectivity index (χ1) is 7.84. The van der Waals surface area contributed by atoms with E-state index in [1.165, 1.54) is 4.73 Å². The Morgan fingerprint density at radius 2 is 2.44 bits per heavy atom. The minimum atomic E-state index is -0.156. The summed E-state index contributed by atoms with van der Waals surface area (Å²) < 4.78 is 12.3. The highest BCUT2D eigenvalue weighted by atomic mass is 16.7. The van der Waals surface area contributed by atoms with Crippen LogP contribution in [-0.4, -0.2) is 27.8 Å². The highest BCUT2D eigenvalue weighted by Crippen LogP contribution is 2.40. The van der Waals surface area contributed by atoms with Crippen molar-refractivity contribution in [1.82, 2.24) is 9.71 Å². The molecular formula is C11H10N2O3. The molecule has 0 aromatic carbocycles. The molecule has 0 spiro atoms. The minimum Gasteiger partial charge on any atom is -0.428 e. The molecule has 1 saturated heterocycles. The second-order valence-corrected chi connectivity index (χ2v) is 4.16. The molecule has 16 heavy (non-hydrogen) atoms. The van der Waals surface area contributed by atoms with Crippen molar-refractivity contribution in [1.29, 1.82) is 0 Å². The molecule has 0 amide bonds. The zero-order valence-corrected chi connectivity index (χ0v) is 8.46. The van der Waals surface area contributed by atoms with Crippen LogP contribution >= 0.6 is 0 Å². The van der Waals surface area contributed by atoms with E-state index in [1.807, 2.05) is 6.07 Å². The predicted molar refractivity (Wildman–Crippen MR) is 54.2 cm³/mol. The number of rotatable bonds is 0. The van der Waals surface area contributed by atoms with Gasteiger partial charge in [0.15, 0.2) is 6.29 Å². The van der Waals surface area contributed by atoms with Crippen molar-refractivity contribution in [2.75, 3.05) is 6.61 Å². The van der Waals surface area contributed by atoms with E-state index in [0.717, 1.165) is 22.2 Å². The van der Waals surface area contributed by atoms with E-state index in [4.69, 9.17) is 9.47 Å². The zero-order chi connectivity index (χ0) is 10.7. The summed E-state index contributed by atoms with van der Waals surface area (Å²) >= 11 is 0. The normalized spacial score (nSPS) is 27.2. The largest absolute Gasteiger partial charge is 0.428 e. The van der Waals surface area contributed by atoms with E-state index < -0.39 is 0 Å². The minimum absolute atomic E-state index is 0.147. The summed E-state index contributed by atoms with van der Waals surface area (Å²) in [7, 11) is 0. The van der Waals surface area contributed by atoms with Gasteiger partial charge in [-0.3, -0.25) is 4.98 Å². The van der Waals surface area contributed by atoms with Crippen molar-refractivity contribution in [3.63, 3.8) is 0 Å². The van der Waals surface area contributed by atoms with Crippen molar-refractivity contribution >= 4 is 10.9 Å². The fraction of sp³-hybridized carbons (Fsp3) is 0.364. The Morgan fingerprint density at radius 1 is 1.50 bits per heavy atom. The van der Waals surface area contributed by atoms with Gasteiger partial charge in [-0.2, -0.15) is 4.73 Å². The number of fused-ring (bicyclic) bond motifs is 6. The third-order valence-electron chi connectivity index (χ3n) is 3.32. The van der Waals surface area contributed by atoms with Gasteiger partial charge in [0.1, 0.15) is 11.6 Å². The Labute approximate surface area is 91.2 Å². The molecule has 2 aromatic heterocycles. The van der Waals surface area contributed by atoms with Crippen LogP contribution in [0.1, 0.15) is 17.4 Å². The second kappa shape index (κ2) is 2.75. The average Bonchev–Trinajstić information content (AvgIpc) is 2.82. The van der Waals surface area contributed by atoms with Crippen molar-refractivity contribution in [3.05, 3.63) is 29.7 Å². The lowest BCUT2D eigenvalue weighted by Crippen LogP contribution is -2.19. The van der Waals surface area contributed by atoms with Crippen LogP contribution in [0.25, 0.3) is 10.9 Å². The fourth-order valence-corrected chi connectivity index (χ4v) is 2.62. The third kappa shape index (κ3) is 0.898. The number of pyridine rings is 1. The molecule has 0 unspecified atom stereocenters. The quantitative estimate of drug-likeness (QED) is 0.676. The van der Waals surface area contributed by atoms with E-state index in [0.29, 0.717) is 13.0 Å². The van der Waals surface area contributed by atoms with Crippen LogP contribution in [0.2, 0.25) is 0 Å². The van der Waals surface area contributed by atoms with Gasteiger partial charge in [0, 0.05) is 18.0 Å². The van der Waals surface area contributed by atoms with Crippen LogP contribution < -0.4 is 0 Å². The van der Waals surface area contributed by atoms with E-state index in [1.54, 1.807) is 12.4 Å². The first kappa shape index (κ1) is 8.55. The molecule has 0 aliphatic carbocycles. The van der Waals surface area contributed by atoms with Crippen molar-refractivity contribution in [3.8, 4) is 0 Å². The molecule has 2 aromatic rings. The summed E-state index contributed by atoms with van der Waals surface area (Å²) in [6.45, 7) is 0.516. The molecule has 2 atom stereocenters. The summed E-state index contributed by atoms with van der Waals surface area (Å²) in [5.74, 6) is 0. The van der Waals surface area contributed by atoms with Crippen LogP contribution in [-0.2, 0) is 15.9 Å². The van der Waals surface area contributed by atoms with Gasteiger partial charge in [-0.15, -0.1) is 0 Å². The topological polar surface area (TPSA) is 56.5 Å². The molecule has 82 valence electrons. The van der Waals surface area contributed by atoms with Crippen molar-refractivity contribution in [2.45, 2.75) is 18.8 Å².